The lowest BCUT2D eigenvalue weighted by atomic mass is 10.3. The highest BCUT2D eigenvalue weighted by Gasteiger charge is 2.25. The number of ether oxygens (including phenoxy) is 1. The van der Waals surface area contributed by atoms with E-state index in [1.807, 2.05) is 0 Å². The largest absolute Gasteiger partial charge is 0.488 e. The van der Waals surface area contributed by atoms with Crippen molar-refractivity contribution in [1.29, 1.82) is 0 Å². The fourth-order valence-corrected chi connectivity index (χ4v) is 1.43. The van der Waals surface area contributed by atoms with Crippen LogP contribution in [0.5, 0.6) is 5.75 Å². The van der Waals surface area contributed by atoms with Gasteiger partial charge in [0.25, 0.3) is 0 Å². The Morgan fingerprint density at radius 1 is 1.50 bits per heavy atom. The number of halogens is 3. The molecule has 1 aromatic rings. The predicted molar refractivity (Wildman–Crippen MR) is 52.3 cm³/mol. The highest BCUT2D eigenvalue weighted by atomic mass is 127. The van der Waals surface area contributed by atoms with E-state index >= 15 is 0 Å². The molecule has 0 saturated carbocycles. The molecule has 0 saturated heterocycles. The zero-order valence-electron chi connectivity index (χ0n) is 6.88. The van der Waals surface area contributed by atoms with Crippen molar-refractivity contribution in [3.63, 3.8) is 0 Å². The van der Waals surface area contributed by atoms with Gasteiger partial charge < -0.3 is 4.74 Å². The van der Waals surface area contributed by atoms with Gasteiger partial charge in [0.2, 0.25) is 11.6 Å². The van der Waals surface area contributed by atoms with Gasteiger partial charge in [0, 0.05) is 6.07 Å². The normalized spacial score (nSPS) is 10.0. The van der Waals surface area contributed by atoms with Crippen LogP contribution in [-0.2, 0) is 0 Å². The molecular formula is C7H4F2INO3. The van der Waals surface area contributed by atoms with E-state index in [4.69, 9.17) is 0 Å². The fourth-order valence-electron chi connectivity index (χ4n) is 0.896. The third-order valence-electron chi connectivity index (χ3n) is 1.50. The quantitative estimate of drug-likeness (QED) is 0.365. The molecule has 0 N–H and O–H groups in total. The molecule has 4 nitrogen and oxygen atoms in total. The minimum atomic E-state index is -1.34. The van der Waals surface area contributed by atoms with Crippen LogP contribution in [0.2, 0.25) is 0 Å². The third-order valence-corrected chi connectivity index (χ3v) is 2.28. The van der Waals surface area contributed by atoms with Crippen LogP contribution in [0.3, 0.4) is 0 Å². The van der Waals surface area contributed by atoms with E-state index in [2.05, 4.69) is 4.74 Å². The van der Waals surface area contributed by atoms with Crippen molar-refractivity contribution in [2.45, 2.75) is 0 Å². The predicted octanol–water partition coefficient (Wildman–Crippen LogP) is 2.49. The van der Waals surface area contributed by atoms with Crippen molar-refractivity contribution >= 4 is 28.3 Å². The number of hydrogen-bond donors (Lipinski definition) is 0. The van der Waals surface area contributed by atoms with Crippen LogP contribution in [0, 0.1) is 25.3 Å². The molecule has 0 fully saturated rings. The van der Waals surface area contributed by atoms with Gasteiger partial charge in [0.15, 0.2) is 5.82 Å². The Bertz CT molecular complexity index is 397. The maximum Gasteiger partial charge on any atom is 0.315 e. The molecule has 0 bridgehead atoms. The first kappa shape index (κ1) is 11.1. The topological polar surface area (TPSA) is 52.4 Å². The first-order valence-corrected chi connectivity index (χ1v) is 4.42. The summed E-state index contributed by atoms with van der Waals surface area (Å²) in [5.41, 5.74) is -0.587. The highest BCUT2D eigenvalue weighted by Crippen LogP contribution is 2.33. The van der Waals surface area contributed by atoms with E-state index in [-0.39, 0.29) is 3.57 Å². The molecule has 0 unspecified atom stereocenters. The van der Waals surface area contributed by atoms with E-state index in [9.17, 15) is 18.9 Å². The van der Waals surface area contributed by atoms with Gasteiger partial charge in [-0.1, -0.05) is 0 Å². The van der Waals surface area contributed by atoms with Crippen molar-refractivity contribution in [3.8, 4) is 5.75 Å². The summed E-state index contributed by atoms with van der Waals surface area (Å²) >= 11 is 1.47. The summed E-state index contributed by atoms with van der Waals surface area (Å²) in [6.45, 7) is 0. The van der Waals surface area contributed by atoms with Crippen LogP contribution in [0.4, 0.5) is 14.5 Å². The average Bonchev–Trinajstić information content (AvgIpc) is 2.13. The summed E-state index contributed by atoms with van der Waals surface area (Å²) < 4.78 is 30.3. The second kappa shape index (κ2) is 4.03. The van der Waals surface area contributed by atoms with Gasteiger partial charge >= 0.3 is 5.69 Å². The summed E-state index contributed by atoms with van der Waals surface area (Å²) in [6, 6.07) is 0.914. The molecular weight excluding hydrogens is 311 g/mol. The lowest BCUT2D eigenvalue weighted by Gasteiger charge is -2.04. The van der Waals surface area contributed by atoms with E-state index in [1.165, 1.54) is 22.6 Å². The molecule has 14 heavy (non-hydrogen) atoms. The number of rotatable bonds is 2. The molecule has 1 aromatic carbocycles. The first-order chi connectivity index (χ1) is 6.49. The highest BCUT2D eigenvalue weighted by molar-refractivity contribution is 14.1. The van der Waals surface area contributed by atoms with Crippen LogP contribution in [-0.4, -0.2) is 12.0 Å². The van der Waals surface area contributed by atoms with Crippen molar-refractivity contribution in [2.24, 2.45) is 0 Å². The van der Waals surface area contributed by atoms with Crippen LogP contribution in [0.25, 0.3) is 0 Å². The fraction of sp³-hybridized carbons (Fsp3) is 0.143. The zero-order chi connectivity index (χ0) is 10.9. The molecule has 0 heterocycles. The molecule has 0 amide bonds. The second-order valence-corrected chi connectivity index (χ2v) is 3.46. The number of nitrogens with zero attached hydrogens (tertiary/aromatic N) is 1. The van der Waals surface area contributed by atoms with Gasteiger partial charge in [0.05, 0.1) is 15.6 Å². The maximum absolute atomic E-state index is 13.1. The van der Waals surface area contributed by atoms with Crippen LogP contribution < -0.4 is 4.74 Å². The van der Waals surface area contributed by atoms with Crippen LogP contribution in [0.1, 0.15) is 0 Å². The summed E-state index contributed by atoms with van der Waals surface area (Å²) in [7, 11) is 1.04. The molecule has 0 aromatic heterocycles. The van der Waals surface area contributed by atoms with Gasteiger partial charge in [-0.15, -0.1) is 0 Å². The molecule has 0 radical (unpaired) electrons. The van der Waals surface area contributed by atoms with Gasteiger partial charge in [0.1, 0.15) is 0 Å². The average molecular weight is 315 g/mol. The number of benzene rings is 1. The standard InChI is InChI=1S/C7H4F2INO3/c1-14-7-4(11(12)13)2-3(10)5(8)6(7)9/h2H,1H3. The van der Waals surface area contributed by atoms with E-state index in [0.29, 0.717) is 0 Å². The Kier molecular flexibility index (Phi) is 3.19. The Labute approximate surface area is 91.2 Å². The maximum atomic E-state index is 13.1. The van der Waals surface area contributed by atoms with Crippen LogP contribution in [0.15, 0.2) is 6.07 Å². The molecule has 0 aliphatic carbocycles. The van der Waals surface area contributed by atoms with Crippen LogP contribution >= 0.6 is 22.6 Å². The second-order valence-electron chi connectivity index (χ2n) is 2.30. The molecule has 7 heteroatoms. The Hall–Kier alpha value is -0.990. The zero-order valence-corrected chi connectivity index (χ0v) is 9.04. The molecule has 1 rings (SSSR count). The summed E-state index contributed by atoms with van der Waals surface area (Å²) in [5, 5.41) is 10.4. The number of methoxy groups -OCH3 is 1. The van der Waals surface area contributed by atoms with E-state index in [1.54, 1.807) is 0 Å². The minimum Gasteiger partial charge on any atom is -0.488 e. The summed E-state index contributed by atoms with van der Waals surface area (Å²) in [6.07, 6.45) is 0. The van der Waals surface area contributed by atoms with Gasteiger partial charge in [-0.05, 0) is 22.6 Å². The molecule has 0 aliphatic heterocycles. The number of nitro groups is 1. The smallest absolute Gasteiger partial charge is 0.315 e. The monoisotopic (exact) mass is 315 g/mol. The van der Waals surface area contributed by atoms with E-state index < -0.39 is 28.0 Å². The first-order valence-electron chi connectivity index (χ1n) is 3.35. The van der Waals surface area contributed by atoms with Gasteiger partial charge in [-0.25, -0.2) is 4.39 Å². The van der Waals surface area contributed by atoms with Gasteiger partial charge in [-0.3, -0.25) is 10.1 Å². The third kappa shape index (κ3) is 1.76. The Morgan fingerprint density at radius 3 is 2.50 bits per heavy atom. The van der Waals surface area contributed by atoms with Crippen molar-refractivity contribution < 1.29 is 18.4 Å². The van der Waals surface area contributed by atoms with E-state index in [0.717, 1.165) is 13.2 Å². The summed E-state index contributed by atoms with van der Waals surface area (Å²) in [4.78, 5) is 9.60. The number of hydrogen-bond acceptors (Lipinski definition) is 3. The van der Waals surface area contributed by atoms with Gasteiger partial charge in [-0.2, -0.15) is 4.39 Å². The van der Waals surface area contributed by atoms with Crippen molar-refractivity contribution in [2.75, 3.05) is 7.11 Å². The molecule has 0 atom stereocenters. The SMILES string of the molecule is COc1c([N+](=O)[O-])cc(I)c(F)c1F. The molecule has 76 valence electrons. The Morgan fingerprint density at radius 2 is 2.07 bits per heavy atom. The minimum absolute atomic E-state index is 0.160. The summed E-state index contributed by atoms with van der Waals surface area (Å²) in [5.74, 6) is -3.17. The van der Waals surface area contributed by atoms with Crippen molar-refractivity contribution in [3.05, 3.63) is 31.4 Å². The Balaban J connectivity index is 3.51. The van der Waals surface area contributed by atoms with Crippen molar-refractivity contribution in [1.82, 2.24) is 0 Å². The number of nitro benzene ring substituents is 1. The lowest BCUT2D eigenvalue weighted by Crippen LogP contribution is -2.00. The lowest BCUT2D eigenvalue weighted by molar-refractivity contribution is -0.386. The molecule has 0 spiro atoms. The molecule has 0 aliphatic rings.